The Labute approximate surface area is 170 Å². The number of nitrogens with zero attached hydrogens (tertiary/aromatic N) is 1. The van der Waals surface area contributed by atoms with Crippen LogP contribution in [-0.4, -0.2) is 21.6 Å². The van der Waals surface area contributed by atoms with Gasteiger partial charge in [0.25, 0.3) is 0 Å². The Morgan fingerprint density at radius 3 is 2.55 bits per heavy atom. The average molecular weight is 393 g/mol. The Kier molecular flexibility index (Phi) is 5.09. The third-order valence-corrected chi connectivity index (χ3v) is 5.39. The number of amides is 1. The second-order valence-electron chi connectivity index (χ2n) is 8.65. The summed E-state index contributed by atoms with van der Waals surface area (Å²) in [5.74, 6) is 0.842. The van der Waals surface area contributed by atoms with Gasteiger partial charge in [-0.3, -0.25) is 4.90 Å². The molecule has 1 fully saturated rings. The number of benzene rings is 2. The smallest absolute Gasteiger partial charge is 0.415 e. The molecule has 1 amide bonds. The molecule has 0 saturated heterocycles. The maximum atomic E-state index is 13.2. The maximum Gasteiger partial charge on any atom is 0.415 e. The van der Waals surface area contributed by atoms with E-state index in [1.807, 2.05) is 57.2 Å². The van der Waals surface area contributed by atoms with Crippen molar-refractivity contribution in [2.24, 2.45) is 0 Å². The highest BCUT2D eigenvalue weighted by Gasteiger charge is 2.32. The van der Waals surface area contributed by atoms with Gasteiger partial charge >= 0.3 is 6.09 Å². The van der Waals surface area contributed by atoms with Gasteiger partial charge in [0.05, 0.1) is 18.3 Å². The van der Waals surface area contributed by atoms with Crippen LogP contribution in [0.25, 0.3) is 11.0 Å². The van der Waals surface area contributed by atoms with Gasteiger partial charge in [0.1, 0.15) is 11.3 Å². The fraction of sp³-hybridized carbons (Fsp3) is 0.375. The van der Waals surface area contributed by atoms with Crippen LogP contribution in [0.15, 0.2) is 53.1 Å². The van der Waals surface area contributed by atoms with Crippen LogP contribution in [0.3, 0.4) is 0 Å². The van der Waals surface area contributed by atoms with Crippen molar-refractivity contribution in [2.45, 2.75) is 58.2 Å². The number of rotatable bonds is 5. The van der Waals surface area contributed by atoms with Crippen molar-refractivity contribution < 1.29 is 19.1 Å². The largest absolute Gasteiger partial charge is 0.464 e. The SMILES string of the molecule is CC(C)(C)N(Cc1ccccc1)C(=O)Oc1cc(CO)c(C2CC2)c2occc12. The number of carbonyl (C=O) groups is 1. The first-order valence-corrected chi connectivity index (χ1v) is 10.1. The molecule has 1 aliphatic rings. The molecule has 1 N–H and O–H groups in total. The van der Waals surface area contributed by atoms with Crippen LogP contribution in [0.2, 0.25) is 0 Å². The first-order valence-electron chi connectivity index (χ1n) is 10.1. The molecule has 1 aromatic heterocycles. The minimum atomic E-state index is -0.424. The molecule has 1 aliphatic carbocycles. The van der Waals surface area contributed by atoms with Gasteiger partial charge in [-0.1, -0.05) is 30.3 Å². The van der Waals surface area contributed by atoms with Crippen molar-refractivity contribution in [3.63, 3.8) is 0 Å². The van der Waals surface area contributed by atoms with Gasteiger partial charge in [-0.05, 0) is 62.8 Å². The molecule has 1 saturated carbocycles. The van der Waals surface area contributed by atoms with E-state index in [-0.39, 0.29) is 6.61 Å². The molecule has 2 aromatic carbocycles. The fourth-order valence-electron chi connectivity index (χ4n) is 3.70. The minimum absolute atomic E-state index is 0.111. The highest BCUT2D eigenvalue weighted by Crippen LogP contribution is 2.47. The zero-order chi connectivity index (χ0) is 20.6. The minimum Gasteiger partial charge on any atom is -0.464 e. The van der Waals surface area contributed by atoms with Gasteiger partial charge in [-0.25, -0.2) is 4.79 Å². The Morgan fingerprint density at radius 2 is 1.93 bits per heavy atom. The highest BCUT2D eigenvalue weighted by atomic mass is 16.6. The van der Waals surface area contributed by atoms with E-state index in [9.17, 15) is 9.90 Å². The van der Waals surface area contributed by atoms with E-state index >= 15 is 0 Å². The third-order valence-electron chi connectivity index (χ3n) is 5.39. The first-order chi connectivity index (χ1) is 13.9. The number of hydrogen-bond acceptors (Lipinski definition) is 4. The molecule has 0 aliphatic heterocycles. The topological polar surface area (TPSA) is 62.9 Å². The monoisotopic (exact) mass is 393 g/mol. The molecule has 5 nitrogen and oxygen atoms in total. The number of carbonyl (C=O) groups excluding carboxylic acids is 1. The predicted molar refractivity (Wildman–Crippen MR) is 112 cm³/mol. The molecule has 1 heterocycles. The molecule has 152 valence electrons. The van der Waals surface area contributed by atoms with Crippen LogP contribution >= 0.6 is 0 Å². The number of furan rings is 1. The molecular weight excluding hydrogens is 366 g/mol. The van der Waals surface area contributed by atoms with Crippen LogP contribution < -0.4 is 4.74 Å². The van der Waals surface area contributed by atoms with Gasteiger partial charge in [0, 0.05) is 17.6 Å². The van der Waals surface area contributed by atoms with Crippen molar-refractivity contribution in [2.75, 3.05) is 0 Å². The zero-order valence-electron chi connectivity index (χ0n) is 17.1. The van der Waals surface area contributed by atoms with Gasteiger partial charge in [-0.2, -0.15) is 0 Å². The van der Waals surface area contributed by atoms with Crippen molar-refractivity contribution >= 4 is 17.1 Å². The average Bonchev–Trinajstić information content (AvgIpc) is 3.40. The lowest BCUT2D eigenvalue weighted by molar-refractivity contribution is 0.102. The molecule has 4 rings (SSSR count). The van der Waals surface area contributed by atoms with Crippen molar-refractivity contribution in [1.29, 1.82) is 0 Å². The van der Waals surface area contributed by atoms with E-state index in [1.54, 1.807) is 17.2 Å². The number of ether oxygens (including phenoxy) is 1. The van der Waals surface area contributed by atoms with E-state index < -0.39 is 11.6 Å². The van der Waals surface area contributed by atoms with Gasteiger partial charge in [-0.15, -0.1) is 0 Å². The number of fused-ring (bicyclic) bond motifs is 1. The predicted octanol–water partition coefficient (Wildman–Crippen LogP) is 5.60. The molecule has 0 spiro atoms. The fourth-order valence-corrected chi connectivity index (χ4v) is 3.70. The lowest BCUT2D eigenvalue weighted by Crippen LogP contribution is -2.46. The summed E-state index contributed by atoms with van der Waals surface area (Å²) in [7, 11) is 0. The lowest BCUT2D eigenvalue weighted by Gasteiger charge is -2.34. The molecule has 29 heavy (non-hydrogen) atoms. The molecule has 0 unspecified atom stereocenters. The number of aliphatic hydroxyl groups is 1. The quantitative estimate of drug-likeness (QED) is 0.613. The van der Waals surface area contributed by atoms with Crippen molar-refractivity contribution in [3.8, 4) is 5.75 Å². The van der Waals surface area contributed by atoms with Gasteiger partial charge in [0.2, 0.25) is 0 Å². The molecule has 0 bridgehead atoms. The summed E-state index contributed by atoms with van der Waals surface area (Å²) in [5, 5.41) is 10.7. The van der Waals surface area contributed by atoms with Crippen molar-refractivity contribution in [3.05, 3.63) is 65.4 Å². The molecule has 0 radical (unpaired) electrons. The first kappa shape index (κ1) is 19.5. The molecule has 0 atom stereocenters. The standard InChI is InChI=1S/C24H27NO4/c1-24(2,3)25(14-16-7-5-4-6-8-16)23(27)29-20-13-18(15-26)21(17-9-10-17)22-19(20)11-12-28-22/h4-8,11-13,17,26H,9-10,14-15H2,1-3H3. The Bertz CT molecular complexity index is 1010. The molecular formula is C24H27NO4. The van der Waals surface area contributed by atoms with E-state index in [0.717, 1.165) is 34.9 Å². The van der Waals surface area contributed by atoms with Crippen LogP contribution in [0, 0.1) is 0 Å². The summed E-state index contributed by atoms with van der Waals surface area (Å²) in [5.41, 5.74) is 3.14. The van der Waals surface area contributed by atoms with E-state index in [1.165, 1.54) is 0 Å². The van der Waals surface area contributed by atoms with Crippen LogP contribution in [-0.2, 0) is 13.2 Å². The van der Waals surface area contributed by atoms with Crippen LogP contribution in [0.1, 0.15) is 56.2 Å². The zero-order valence-corrected chi connectivity index (χ0v) is 17.1. The van der Waals surface area contributed by atoms with Gasteiger partial charge < -0.3 is 14.3 Å². The summed E-state index contributed by atoms with van der Waals surface area (Å²) < 4.78 is 11.6. The second-order valence-corrected chi connectivity index (χ2v) is 8.65. The summed E-state index contributed by atoms with van der Waals surface area (Å²) in [6.45, 7) is 6.30. The van der Waals surface area contributed by atoms with E-state index in [4.69, 9.17) is 9.15 Å². The lowest BCUT2D eigenvalue weighted by atomic mass is 10.0. The van der Waals surface area contributed by atoms with E-state index in [0.29, 0.717) is 23.8 Å². The van der Waals surface area contributed by atoms with Crippen molar-refractivity contribution in [1.82, 2.24) is 4.90 Å². The Morgan fingerprint density at radius 1 is 1.21 bits per heavy atom. The number of hydrogen-bond donors (Lipinski definition) is 1. The summed E-state index contributed by atoms with van der Waals surface area (Å²) in [4.78, 5) is 14.9. The number of aliphatic hydroxyl groups excluding tert-OH is 1. The highest BCUT2D eigenvalue weighted by molar-refractivity contribution is 5.90. The Hall–Kier alpha value is -2.79. The third kappa shape index (κ3) is 4.01. The van der Waals surface area contributed by atoms with Crippen LogP contribution in [0.4, 0.5) is 4.79 Å². The summed E-state index contributed by atoms with van der Waals surface area (Å²) in [6, 6.07) is 13.5. The normalized spacial score (nSPS) is 14.2. The Balaban J connectivity index is 1.66. The molecule has 3 aromatic rings. The second kappa shape index (κ2) is 7.56. The maximum absolute atomic E-state index is 13.2. The molecule has 5 heteroatoms. The van der Waals surface area contributed by atoms with E-state index in [2.05, 4.69) is 0 Å². The van der Waals surface area contributed by atoms with Gasteiger partial charge in [0.15, 0.2) is 0 Å². The summed E-state index contributed by atoms with van der Waals surface area (Å²) in [6.07, 6.45) is 3.38. The van der Waals surface area contributed by atoms with Crippen LogP contribution in [0.5, 0.6) is 5.75 Å². The summed E-state index contributed by atoms with van der Waals surface area (Å²) >= 11 is 0.